The summed E-state index contributed by atoms with van der Waals surface area (Å²) in [5.74, 6) is -0.511. The van der Waals surface area contributed by atoms with Gasteiger partial charge in [-0.2, -0.15) is 8.42 Å². The Kier molecular flexibility index (Phi) is 5.03. The third kappa shape index (κ3) is 3.00. The lowest BCUT2D eigenvalue weighted by Gasteiger charge is -2.22. The zero-order valence-corrected chi connectivity index (χ0v) is 15.8. The van der Waals surface area contributed by atoms with Gasteiger partial charge in [0, 0.05) is 11.9 Å². The molecule has 1 aliphatic rings. The first-order chi connectivity index (χ1) is 11.5. The molecule has 0 radical (unpaired) electrons. The molecular weight excluding hydrogens is 419 g/mol. The Balaban J connectivity index is 2.10. The van der Waals surface area contributed by atoms with Crippen molar-refractivity contribution in [3.05, 3.63) is 53.3 Å². The van der Waals surface area contributed by atoms with Crippen molar-refractivity contribution in [2.75, 3.05) is 20.5 Å². The van der Waals surface area contributed by atoms with Crippen LogP contribution in [-0.2, 0) is 10.2 Å². The Hall–Kier alpha value is -1.31. The maximum absolute atomic E-state index is 13.3. The van der Waals surface area contributed by atoms with Gasteiger partial charge in [-0.05, 0) is 43.2 Å². The van der Waals surface area contributed by atoms with Crippen LogP contribution < -0.4 is 8.61 Å². The van der Waals surface area contributed by atoms with E-state index in [-0.39, 0.29) is 10.7 Å². The number of unbranched alkanes of at least 4 members (excludes halogenated alkanes) is 1. The predicted octanol–water partition coefficient (Wildman–Crippen LogP) is 4.86. The number of hydrogen-bond donors (Lipinski definition) is 0. The van der Waals surface area contributed by atoms with E-state index in [4.69, 9.17) is 11.6 Å². The molecule has 0 unspecified atom stereocenters. The van der Waals surface area contributed by atoms with Gasteiger partial charge in [0.2, 0.25) is 0 Å². The molecule has 0 N–H and O–H groups in total. The molecule has 0 bridgehead atoms. The molecule has 2 aromatic carbocycles. The zero-order valence-electron chi connectivity index (χ0n) is 12.6. The molecule has 1 heterocycles. The van der Waals surface area contributed by atoms with Crippen LogP contribution in [0, 0.1) is 5.82 Å². The standard InChI is InChI=1S/C16H15BrClFN2O2S/c17-9-3-4-10-20-15-5-1-2-6-16(15)21(24(20,22)23)14-8-7-12(19)11-13(14)18/h1-2,5-8,11H,3-4,9-10H2. The Bertz CT molecular complexity index is 863. The van der Waals surface area contributed by atoms with E-state index in [1.807, 2.05) is 0 Å². The number of para-hydroxylation sites is 2. The molecule has 2 aromatic rings. The van der Waals surface area contributed by atoms with E-state index in [0.29, 0.717) is 17.9 Å². The van der Waals surface area contributed by atoms with Gasteiger partial charge in [0.15, 0.2) is 0 Å². The maximum Gasteiger partial charge on any atom is 0.331 e. The molecule has 0 aromatic heterocycles. The van der Waals surface area contributed by atoms with E-state index in [1.54, 1.807) is 24.3 Å². The summed E-state index contributed by atoms with van der Waals surface area (Å²) in [5.41, 5.74) is 1.37. The van der Waals surface area contributed by atoms with Gasteiger partial charge in [0.25, 0.3) is 0 Å². The van der Waals surface area contributed by atoms with Crippen LogP contribution >= 0.6 is 27.5 Å². The number of halogens is 3. The van der Waals surface area contributed by atoms with Gasteiger partial charge >= 0.3 is 10.2 Å². The SMILES string of the molecule is O=S1(=O)N(CCCCBr)c2ccccc2N1c1ccc(F)cc1Cl. The third-order valence-corrected chi connectivity index (χ3v) is 6.41. The normalized spacial score (nSPS) is 15.6. The van der Waals surface area contributed by atoms with Crippen LogP contribution in [0.15, 0.2) is 42.5 Å². The molecule has 0 aliphatic carbocycles. The molecule has 8 heteroatoms. The molecule has 1 aliphatic heterocycles. The molecule has 128 valence electrons. The van der Waals surface area contributed by atoms with Crippen molar-refractivity contribution in [2.24, 2.45) is 0 Å². The van der Waals surface area contributed by atoms with Crippen LogP contribution in [0.3, 0.4) is 0 Å². The van der Waals surface area contributed by atoms with E-state index in [2.05, 4.69) is 15.9 Å². The van der Waals surface area contributed by atoms with Crippen LogP contribution in [0.5, 0.6) is 0 Å². The molecule has 0 atom stereocenters. The molecule has 0 saturated carbocycles. The van der Waals surface area contributed by atoms with Crippen molar-refractivity contribution in [1.29, 1.82) is 0 Å². The average molecular weight is 434 g/mol. The van der Waals surface area contributed by atoms with Crippen molar-refractivity contribution in [3.8, 4) is 0 Å². The summed E-state index contributed by atoms with van der Waals surface area (Å²) in [7, 11) is -3.81. The Morgan fingerprint density at radius 1 is 1.04 bits per heavy atom. The highest BCUT2D eigenvalue weighted by molar-refractivity contribution is 9.09. The number of benzene rings is 2. The zero-order chi connectivity index (χ0) is 17.3. The van der Waals surface area contributed by atoms with Crippen molar-refractivity contribution < 1.29 is 12.8 Å². The number of nitrogens with zero attached hydrogens (tertiary/aromatic N) is 2. The number of alkyl halides is 1. The second-order valence-corrected chi connectivity index (χ2v) is 8.23. The maximum atomic E-state index is 13.3. The predicted molar refractivity (Wildman–Crippen MR) is 99.3 cm³/mol. The first-order valence-electron chi connectivity index (χ1n) is 7.40. The number of fused-ring (bicyclic) bond motifs is 1. The Morgan fingerprint density at radius 2 is 1.75 bits per heavy atom. The van der Waals surface area contributed by atoms with E-state index in [9.17, 15) is 12.8 Å². The van der Waals surface area contributed by atoms with E-state index in [1.165, 1.54) is 20.7 Å². The molecule has 0 saturated heterocycles. The third-order valence-electron chi connectivity index (χ3n) is 3.75. The summed E-state index contributed by atoms with van der Waals surface area (Å²) in [6.07, 6.45) is 1.59. The molecule has 3 rings (SSSR count). The average Bonchev–Trinajstić information content (AvgIpc) is 2.76. The Morgan fingerprint density at radius 3 is 2.42 bits per heavy atom. The number of hydrogen-bond acceptors (Lipinski definition) is 2. The second-order valence-electron chi connectivity index (χ2n) is 5.32. The Labute approximate surface area is 154 Å². The largest absolute Gasteiger partial charge is 0.331 e. The van der Waals surface area contributed by atoms with Gasteiger partial charge in [-0.15, -0.1) is 0 Å². The molecular formula is C16H15BrClFN2O2S. The second kappa shape index (κ2) is 6.90. The van der Waals surface area contributed by atoms with Gasteiger partial charge in [-0.25, -0.2) is 8.70 Å². The van der Waals surface area contributed by atoms with Crippen molar-refractivity contribution >= 4 is 54.8 Å². The minimum Gasteiger partial charge on any atom is -0.251 e. The summed E-state index contributed by atoms with van der Waals surface area (Å²) in [6.45, 7) is 0.375. The first-order valence-corrected chi connectivity index (χ1v) is 10.3. The summed E-state index contributed by atoms with van der Waals surface area (Å²) in [4.78, 5) is 0. The lowest BCUT2D eigenvalue weighted by atomic mass is 10.2. The lowest BCUT2D eigenvalue weighted by Crippen LogP contribution is -2.36. The summed E-state index contributed by atoms with van der Waals surface area (Å²) >= 11 is 9.46. The minimum absolute atomic E-state index is 0.0516. The number of rotatable bonds is 5. The number of anilines is 3. The van der Waals surface area contributed by atoms with Gasteiger partial charge in [0.05, 0.1) is 22.1 Å². The highest BCUT2D eigenvalue weighted by atomic mass is 79.9. The highest BCUT2D eigenvalue weighted by Crippen LogP contribution is 2.47. The summed E-state index contributed by atoms with van der Waals surface area (Å²) < 4.78 is 42.0. The topological polar surface area (TPSA) is 40.6 Å². The first kappa shape index (κ1) is 17.5. The van der Waals surface area contributed by atoms with Crippen LogP contribution in [0.1, 0.15) is 12.8 Å². The van der Waals surface area contributed by atoms with Gasteiger partial charge in [0.1, 0.15) is 5.82 Å². The van der Waals surface area contributed by atoms with Crippen LogP contribution in [-0.4, -0.2) is 20.3 Å². The van der Waals surface area contributed by atoms with Gasteiger partial charge < -0.3 is 0 Å². The van der Waals surface area contributed by atoms with Crippen LogP contribution in [0.2, 0.25) is 5.02 Å². The van der Waals surface area contributed by atoms with Crippen molar-refractivity contribution in [3.63, 3.8) is 0 Å². The molecule has 0 spiro atoms. The summed E-state index contributed by atoms with van der Waals surface area (Å²) in [5, 5.41) is 0.867. The quantitative estimate of drug-likeness (QED) is 0.499. The fraction of sp³-hybridized carbons (Fsp3) is 0.250. The van der Waals surface area contributed by atoms with Crippen molar-refractivity contribution in [1.82, 2.24) is 0 Å². The molecule has 4 nitrogen and oxygen atoms in total. The van der Waals surface area contributed by atoms with E-state index >= 15 is 0 Å². The van der Waals surface area contributed by atoms with E-state index in [0.717, 1.165) is 24.2 Å². The molecule has 0 fully saturated rings. The van der Waals surface area contributed by atoms with Crippen LogP contribution in [0.25, 0.3) is 0 Å². The smallest absolute Gasteiger partial charge is 0.251 e. The fourth-order valence-electron chi connectivity index (χ4n) is 2.68. The minimum atomic E-state index is -3.81. The monoisotopic (exact) mass is 432 g/mol. The fourth-order valence-corrected chi connectivity index (χ4v) is 5.15. The van der Waals surface area contributed by atoms with Gasteiger partial charge in [-0.1, -0.05) is 39.7 Å². The lowest BCUT2D eigenvalue weighted by molar-refractivity contribution is 0.592. The molecule has 0 amide bonds. The van der Waals surface area contributed by atoms with E-state index < -0.39 is 16.0 Å². The molecule has 24 heavy (non-hydrogen) atoms. The van der Waals surface area contributed by atoms with Crippen molar-refractivity contribution in [2.45, 2.75) is 12.8 Å². The highest BCUT2D eigenvalue weighted by Gasteiger charge is 2.41. The van der Waals surface area contributed by atoms with Gasteiger partial charge in [-0.3, -0.25) is 4.31 Å². The summed E-state index contributed by atoms with van der Waals surface area (Å²) in [6, 6.07) is 10.7. The van der Waals surface area contributed by atoms with Crippen LogP contribution in [0.4, 0.5) is 21.5 Å².